The van der Waals surface area contributed by atoms with Crippen molar-refractivity contribution in [1.29, 1.82) is 0 Å². The molecule has 3 aromatic rings. The molecule has 108 valence electrons. The summed E-state index contributed by atoms with van der Waals surface area (Å²) < 4.78 is 0. The molecule has 1 aliphatic rings. The molecular formula is C18H15N3O. The average Bonchev–Trinajstić information content (AvgIpc) is 3.35. The molecule has 1 N–H and O–H groups in total. The zero-order chi connectivity index (χ0) is 15.0. The Balaban J connectivity index is 1.71. The van der Waals surface area contributed by atoms with E-state index in [-0.39, 0.29) is 11.4 Å². The summed E-state index contributed by atoms with van der Waals surface area (Å²) >= 11 is 0. The lowest BCUT2D eigenvalue weighted by molar-refractivity contribution is 0.0925. The second kappa shape index (κ2) is 4.91. The number of benzene rings is 2. The molecule has 0 unspecified atom stereocenters. The third kappa shape index (κ3) is 2.13. The lowest BCUT2D eigenvalue weighted by Gasteiger charge is -2.19. The number of amides is 1. The topological polar surface area (TPSA) is 54.9 Å². The van der Waals surface area contributed by atoms with Crippen molar-refractivity contribution in [3.05, 3.63) is 72.3 Å². The van der Waals surface area contributed by atoms with Crippen LogP contribution in [0.1, 0.15) is 28.9 Å². The normalized spacial score (nSPS) is 15.5. The number of fused-ring (bicyclic) bond motifs is 1. The molecule has 0 radical (unpaired) electrons. The molecule has 0 atom stereocenters. The Morgan fingerprint density at radius 3 is 2.64 bits per heavy atom. The Morgan fingerprint density at radius 1 is 1.05 bits per heavy atom. The Kier molecular flexibility index (Phi) is 2.89. The van der Waals surface area contributed by atoms with Crippen LogP contribution in [-0.4, -0.2) is 15.9 Å². The molecule has 0 aliphatic heterocycles. The van der Waals surface area contributed by atoms with Gasteiger partial charge >= 0.3 is 0 Å². The molecule has 0 saturated heterocycles. The summed E-state index contributed by atoms with van der Waals surface area (Å²) in [4.78, 5) is 20.4. The van der Waals surface area contributed by atoms with E-state index in [1.807, 2.05) is 18.2 Å². The predicted octanol–water partition coefficient (Wildman–Crippen LogP) is 3.05. The number of carbonyl (C=O) groups excluding carboxylic acids is 1. The van der Waals surface area contributed by atoms with Crippen LogP contribution in [0.5, 0.6) is 0 Å². The second-order valence-electron chi connectivity index (χ2n) is 5.65. The zero-order valence-corrected chi connectivity index (χ0v) is 12.0. The number of carbonyl (C=O) groups is 1. The molecular weight excluding hydrogens is 274 g/mol. The zero-order valence-electron chi connectivity index (χ0n) is 12.0. The number of aromatic nitrogens is 2. The molecule has 1 aromatic heterocycles. The van der Waals surface area contributed by atoms with Gasteiger partial charge in [-0.15, -0.1) is 0 Å². The Labute approximate surface area is 128 Å². The summed E-state index contributed by atoms with van der Waals surface area (Å²) in [6, 6.07) is 14.5. The van der Waals surface area contributed by atoms with E-state index >= 15 is 0 Å². The third-order valence-corrected chi connectivity index (χ3v) is 4.20. The number of nitrogens with zero attached hydrogens (tertiary/aromatic N) is 2. The van der Waals surface area contributed by atoms with Crippen LogP contribution in [0.4, 0.5) is 0 Å². The number of rotatable bonds is 3. The van der Waals surface area contributed by atoms with Crippen molar-refractivity contribution in [1.82, 2.24) is 15.3 Å². The fourth-order valence-electron chi connectivity index (χ4n) is 2.93. The largest absolute Gasteiger partial charge is 0.341 e. The van der Waals surface area contributed by atoms with E-state index in [1.54, 1.807) is 6.20 Å². The summed E-state index contributed by atoms with van der Waals surface area (Å²) in [5.41, 5.74) is 1.27. The van der Waals surface area contributed by atoms with Crippen LogP contribution < -0.4 is 5.32 Å². The Bertz CT molecular complexity index is 836. The van der Waals surface area contributed by atoms with Gasteiger partial charge in [-0.3, -0.25) is 9.78 Å². The molecule has 1 saturated carbocycles. The first kappa shape index (κ1) is 13.0. The van der Waals surface area contributed by atoms with Crippen LogP contribution in [0.2, 0.25) is 0 Å². The number of hydrogen-bond acceptors (Lipinski definition) is 3. The molecule has 1 heterocycles. The van der Waals surface area contributed by atoms with Crippen LogP contribution in [0.25, 0.3) is 10.8 Å². The summed E-state index contributed by atoms with van der Waals surface area (Å²) in [6.45, 7) is 0. The van der Waals surface area contributed by atoms with Crippen molar-refractivity contribution in [2.24, 2.45) is 0 Å². The van der Waals surface area contributed by atoms with E-state index < -0.39 is 0 Å². The SMILES string of the molecule is O=C(NC1(c2cccc3ccccc23)CC1)c1cnccn1. The summed E-state index contributed by atoms with van der Waals surface area (Å²) in [7, 11) is 0. The molecule has 4 heteroatoms. The van der Waals surface area contributed by atoms with Crippen molar-refractivity contribution < 1.29 is 4.79 Å². The molecule has 22 heavy (non-hydrogen) atoms. The van der Waals surface area contributed by atoms with Gasteiger partial charge < -0.3 is 5.32 Å². The van der Waals surface area contributed by atoms with E-state index in [0.717, 1.165) is 12.8 Å². The Hall–Kier alpha value is -2.75. The molecule has 4 nitrogen and oxygen atoms in total. The van der Waals surface area contributed by atoms with Crippen LogP contribution in [0, 0.1) is 0 Å². The molecule has 0 bridgehead atoms. The van der Waals surface area contributed by atoms with Crippen molar-refractivity contribution in [3.8, 4) is 0 Å². The fourth-order valence-corrected chi connectivity index (χ4v) is 2.93. The monoisotopic (exact) mass is 289 g/mol. The fraction of sp³-hybridized carbons (Fsp3) is 0.167. The van der Waals surface area contributed by atoms with Gasteiger partial charge in [0.2, 0.25) is 0 Å². The van der Waals surface area contributed by atoms with Crippen LogP contribution in [-0.2, 0) is 5.54 Å². The first-order chi connectivity index (χ1) is 10.8. The van der Waals surface area contributed by atoms with Gasteiger partial charge in [0.1, 0.15) is 5.69 Å². The molecule has 2 aromatic carbocycles. The minimum atomic E-state index is -0.268. The van der Waals surface area contributed by atoms with Crippen molar-refractivity contribution in [2.45, 2.75) is 18.4 Å². The highest BCUT2D eigenvalue weighted by atomic mass is 16.2. The standard InChI is InChI=1S/C18H15N3O/c22-17(16-12-19-10-11-20-16)21-18(8-9-18)15-7-3-5-13-4-1-2-6-14(13)15/h1-7,10-12H,8-9H2,(H,21,22). The lowest BCUT2D eigenvalue weighted by Crippen LogP contribution is -2.35. The minimum absolute atomic E-state index is 0.168. The quantitative estimate of drug-likeness (QED) is 0.806. The van der Waals surface area contributed by atoms with Gasteiger partial charge in [0.15, 0.2) is 0 Å². The molecule has 4 rings (SSSR count). The van der Waals surface area contributed by atoms with E-state index in [4.69, 9.17) is 0 Å². The first-order valence-corrected chi connectivity index (χ1v) is 7.35. The molecule has 1 fully saturated rings. The lowest BCUT2D eigenvalue weighted by atomic mass is 9.97. The number of nitrogens with one attached hydrogen (secondary N) is 1. The minimum Gasteiger partial charge on any atom is -0.341 e. The molecule has 1 amide bonds. The third-order valence-electron chi connectivity index (χ3n) is 4.20. The van der Waals surface area contributed by atoms with Crippen molar-refractivity contribution in [2.75, 3.05) is 0 Å². The maximum Gasteiger partial charge on any atom is 0.272 e. The second-order valence-corrected chi connectivity index (χ2v) is 5.65. The van der Waals surface area contributed by atoms with E-state index in [9.17, 15) is 4.79 Å². The van der Waals surface area contributed by atoms with Crippen molar-refractivity contribution in [3.63, 3.8) is 0 Å². The van der Waals surface area contributed by atoms with E-state index in [1.165, 1.54) is 28.7 Å². The summed E-state index contributed by atoms with van der Waals surface area (Å²) in [5.74, 6) is -0.168. The first-order valence-electron chi connectivity index (χ1n) is 7.35. The van der Waals surface area contributed by atoms with E-state index in [2.05, 4.69) is 39.6 Å². The van der Waals surface area contributed by atoms with Gasteiger partial charge in [-0.1, -0.05) is 42.5 Å². The van der Waals surface area contributed by atoms with E-state index in [0.29, 0.717) is 5.69 Å². The maximum absolute atomic E-state index is 12.4. The van der Waals surface area contributed by atoms with Crippen LogP contribution in [0.15, 0.2) is 61.1 Å². The highest BCUT2D eigenvalue weighted by Gasteiger charge is 2.46. The Morgan fingerprint density at radius 2 is 1.86 bits per heavy atom. The van der Waals surface area contributed by atoms with Crippen molar-refractivity contribution >= 4 is 16.7 Å². The smallest absolute Gasteiger partial charge is 0.272 e. The van der Waals surface area contributed by atoms with Crippen LogP contribution in [0.3, 0.4) is 0 Å². The van der Waals surface area contributed by atoms with Gasteiger partial charge in [-0.25, -0.2) is 4.98 Å². The molecule has 1 aliphatic carbocycles. The average molecular weight is 289 g/mol. The van der Waals surface area contributed by atoms with Gasteiger partial charge in [0, 0.05) is 12.4 Å². The highest BCUT2D eigenvalue weighted by molar-refractivity contribution is 5.94. The number of hydrogen-bond donors (Lipinski definition) is 1. The highest BCUT2D eigenvalue weighted by Crippen LogP contribution is 2.47. The van der Waals surface area contributed by atoms with Gasteiger partial charge in [-0.05, 0) is 29.2 Å². The summed E-state index contributed by atoms with van der Waals surface area (Å²) in [5, 5.41) is 5.54. The molecule has 0 spiro atoms. The predicted molar refractivity (Wildman–Crippen MR) is 84.4 cm³/mol. The van der Waals surface area contributed by atoms with Gasteiger partial charge in [0.05, 0.1) is 11.7 Å². The van der Waals surface area contributed by atoms with Crippen LogP contribution >= 0.6 is 0 Å². The van der Waals surface area contributed by atoms with Gasteiger partial charge in [-0.2, -0.15) is 0 Å². The van der Waals surface area contributed by atoms with Gasteiger partial charge in [0.25, 0.3) is 5.91 Å². The summed E-state index contributed by atoms with van der Waals surface area (Å²) in [6.07, 6.45) is 6.50. The maximum atomic E-state index is 12.4.